The Kier molecular flexibility index (Phi) is 4.09. The molecule has 1 aromatic rings. The molecule has 0 bridgehead atoms. The maximum atomic E-state index is 12.7. The molecule has 0 saturated heterocycles. The Bertz CT molecular complexity index is 726. The molecule has 2 rings (SSSR count). The molecule has 0 aromatic heterocycles. The SMILES string of the molecule is CC1=CC(=O)CC(C)(C)[C@@]1(O)CS(=O)(=O)c1ccc(C)cc1. The van der Waals surface area contributed by atoms with Crippen molar-refractivity contribution in [2.24, 2.45) is 5.41 Å². The first-order valence-electron chi connectivity index (χ1n) is 7.21. The number of allylic oxidation sites excluding steroid dienone is 1. The Morgan fingerprint density at radius 2 is 1.68 bits per heavy atom. The molecule has 4 nitrogen and oxygen atoms in total. The Balaban J connectivity index is 2.45. The van der Waals surface area contributed by atoms with Crippen molar-refractivity contribution < 1.29 is 18.3 Å². The number of sulfone groups is 1. The van der Waals surface area contributed by atoms with Crippen molar-refractivity contribution in [2.75, 3.05) is 5.75 Å². The average molecular weight is 322 g/mol. The van der Waals surface area contributed by atoms with Crippen molar-refractivity contribution in [3.05, 3.63) is 41.5 Å². The van der Waals surface area contributed by atoms with Crippen LogP contribution in [0.4, 0.5) is 0 Å². The third kappa shape index (κ3) is 2.88. The quantitative estimate of drug-likeness (QED) is 0.928. The van der Waals surface area contributed by atoms with E-state index in [9.17, 15) is 18.3 Å². The fourth-order valence-electron chi connectivity index (χ4n) is 2.94. The van der Waals surface area contributed by atoms with Crippen LogP contribution in [0.2, 0.25) is 0 Å². The molecule has 0 unspecified atom stereocenters. The maximum Gasteiger partial charge on any atom is 0.181 e. The minimum absolute atomic E-state index is 0.0834. The molecule has 0 spiro atoms. The molecular formula is C17H22O4S. The van der Waals surface area contributed by atoms with Crippen molar-refractivity contribution in [3.63, 3.8) is 0 Å². The fraction of sp³-hybridized carbons (Fsp3) is 0.471. The topological polar surface area (TPSA) is 71.4 Å². The summed E-state index contributed by atoms with van der Waals surface area (Å²) in [5.41, 5.74) is -1.01. The normalized spacial score (nSPS) is 25.0. The molecular weight excluding hydrogens is 300 g/mol. The Hall–Kier alpha value is -1.46. The first kappa shape index (κ1) is 16.9. The number of benzene rings is 1. The van der Waals surface area contributed by atoms with Crippen molar-refractivity contribution in [1.82, 2.24) is 0 Å². The second-order valence-corrected chi connectivity index (χ2v) is 8.78. The highest BCUT2D eigenvalue weighted by atomic mass is 32.2. The Morgan fingerprint density at radius 3 is 2.18 bits per heavy atom. The molecule has 1 aliphatic carbocycles. The number of aliphatic hydroxyl groups is 1. The zero-order valence-corrected chi connectivity index (χ0v) is 14.2. The highest BCUT2D eigenvalue weighted by Crippen LogP contribution is 2.44. The lowest BCUT2D eigenvalue weighted by molar-refractivity contribution is -0.122. The van der Waals surface area contributed by atoms with Crippen LogP contribution in [-0.2, 0) is 14.6 Å². The molecule has 1 N–H and O–H groups in total. The van der Waals surface area contributed by atoms with E-state index in [0.717, 1.165) is 5.56 Å². The zero-order valence-electron chi connectivity index (χ0n) is 13.4. The molecule has 1 atom stereocenters. The van der Waals surface area contributed by atoms with E-state index in [1.54, 1.807) is 45.0 Å². The Labute approximate surface area is 131 Å². The molecule has 22 heavy (non-hydrogen) atoms. The number of hydrogen-bond donors (Lipinski definition) is 1. The van der Waals surface area contributed by atoms with E-state index in [1.165, 1.54) is 6.08 Å². The van der Waals surface area contributed by atoms with Crippen LogP contribution in [0.1, 0.15) is 32.8 Å². The standard InChI is InChI=1S/C17H22O4S/c1-12-5-7-15(8-6-12)22(20,21)11-17(19)13(2)9-14(18)10-16(17,3)4/h5-9,19H,10-11H2,1-4H3/t17-/m1/s1. The highest BCUT2D eigenvalue weighted by molar-refractivity contribution is 7.91. The van der Waals surface area contributed by atoms with Gasteiger partial charge in [0.25, 0.3) is 0 Å². The van der Waals surface area contributed by atoms with Gasteiger partial charge in [0.1, 0.15) is 5.60 Å². The third-order valence-corrected chi connectivity index (χ3v) is 6.33. The van der Waals surface area contributed by atoms with Gasteiger partial charge in [-0.25, -0.2) is 8.42 Å². The number of aryl methyl sites for hydroxylation is 1. The summed E-state index contributed by atoms with van der Waals surface area (Å²) in [5.74, 6) is -0.508. The van der Waals surface area contributed by atoms with Gasteiger partial charge in [-0.2, -0.15) is 0 Å². The molecule has 0 saturated carbocycles. The van der Waals surface area contributed by atoms with Gasteiger partial charge in [-0.3, -0.25) is 4.79 Å². The summed E-state index contributed by atoms with van der Waals surface area (Å²) in [6, 6.07) is 6.56. The lowest BCUT2D eigenvalue weighted by Crippen LogP contribution is -2.53. The van der Waals surface area contributed by atoms with Crippen LogP contribution >= 0.6 is 0 Å². The largest absolute Gasteiger partial charge is 0.384 e. The van der Waals surface area contributed by atoms with Gasteiger partial charge in [0.05, 0.1) is 10.6 Å². The third-order valence-electron chi connectivity index (χ3n) is 4.54. The molecule has 120 valence electrons. The summed E-state index contributed by atoms with van der Waals surface area (Å²) in [6.07, 6.45) is 1.49. The van der Waals surface area contributed by atoms with E-state index < -0.39 is 26.6 Å². The van der Waals surface area contributed by atoms with Gasteiger partial charge in [-0.05, 0) is 37.6 Å². The van der Waals surface area contributed by atoms with Crippen LogP contribution in [0, 0.1) is 12.3 Å². The lowest BCUT2D eigenvalue weighted by Gasteiger charge is -2.45. The van der Waals surface area contributed by atoms with Crippen LogP contribution in [0.15, 0.2) is 40.8 Å². The van der Waals surface area contributed by atoms with Gasteiger partial charge in [0, 0.05) is 11.8 Å². The predicted molar refractivity (Wildman–Crippen MR) is 85.3 cm³/mol. The molecule has 0 heterocycles. The summed E-state index contributed by atoms with van der Waals surface area (Å²) < 4.78 is 25.3. The van der Waals surface area contributed by atoms with Gasteiger partial charge in [0.2, 0.25) is 0 Å². The zero-order chi connectivity index (χ0) is 16.8. The van der Waals surface area contributed by atoms with Crippen molar-refractivity contribution in [3.8, 4) is 0 Å². The average Bonchev–Trinajstić information content (AvgIpc) is 2.36. The summed E-state index contributed by atoms with van der Waals surface area (Å²) in [4.78, 5) is 11.9. The monoisotopic (exact) mass is 322 g/mol. The molecule has 1 aromatic carbocycles. The van der Waals surface area contributed by atoms with Gasteiger partial charge in [-0.15, -0.1) is 0 Å². The highest BCUT2D eigenvalue weighted by Gasteiger charge is 2.51. The predicted octanol–water partition coefficient (Wildman–Crippen LogP) is 2.45. The Morgan fingerprint density at radius 1 is 1.14 bits per heavy atom. The van der Waals surface area contributed by atoms with Crippen molar-refractivity contribution in [1.29, 1.82) is 0 Å². The minimum Gasteiger partial charge on any atom is -0.384 e. The van der Waals surface area contributed by atoms with Gasteiger partial charge in [0.15, 0.2) is 15.6 Å². The fourth-order valence-corrected chi connectivity index (χ4v) is 4.83. The minimum atomic E-state index is -3.66. The van der Waals surface area contributed by atoms with Crippen LogP contribution in [0.5, 0.6) is 0 Å². The van der Waals surface area contributed by atoms with Crippen LogP contribution in [-0.4, -0.2) is 30.7 Å². The maximum absolute atomic E-state index is 12.7. The van der Waals surface area contributed by atoms with Crippen LogP contribution in [0.25, 0.3) is 0 Å². The number of rotatable bonds is 3. The summed E-state index contributed by atoms with van der Waals surface area (Å²) >= 11 is 0. The number of carbonyl (C=O) groups excluding carboxylic acids is 1. The van der Waals surface area contributed by atoms with E-state index in [4.69, 9.17) is 0 Å². The number of carbonyl (C=O) groups is 1. The lowest BCUT2D eigenvalue weighted by atomic mass is 9.66. The van der Waals surface area contributed by atoms with Crippen molar-refractivity contribution >= 4 is 15.6 Å². The smallest absolute Gasteiger partial charge is 0.181 e. The second-order valence-electron chi connectivity index (χ2n) is 6.79. The summed E-state index contributed by atoms with van der Waals surface area (Å²) in [6.45, 7) is 6.95. The van der Waals surface area contributed by atoms with E-state index in [2.05, 4.69) is 0 Å². The first-order valence-corrected chi connectivity index (χ1v) is 8.87. The molecule has 1 aliphatic rings. The molecule has 0 fully saturated rings. The van der Waals surface area contributed by atoms with Crippen LogP contribution in [0.3, 0.4) is 0 Å². The second kappa shape index (κ2) is 5.32. The van der Waals surface area contributed by atoms with Crippen molar-refractivity contribution in [2.45, 2.75) is 44.6 Å². The van der Waals surface area contributed by atoms with Gasteiger partial charge >= 0.3 is 0 Å². The van der Waals surface area contributed by atoms with E-state index in [1.807, 2.05) is 6.92 Å². The molecule has 0 aliphatic heterocycles. The molecule has 0 radical (unpaired) electrons. The summed E-state index contributed by atoms with van der Waals surface area (Å²) in [5, 5.41) is 11.0. The van der Waals surface area contributed by atoms with Gasteiger partial charge in [-0.1, -0.05) is 31.5 Å². The van der Waals surface area contributed by atoms with Crippen LogP contribution < -0.4 is 0 Å². The number of ketones is 1. The first-order chi connectivity index (χ1) is 9.98. The summed E-state index contributed by atoms with van der Waals surface area (Å²) in [7, 11) is -3.66. The van der Waals surface area contributed by atoms with E-state index in [0.29, 0.717) is 5.57 Å². The molecule has 0 amide bonds. The van der Waals surface area contributed by atoms with Gasteiger partial charge < -0.3 is 5.11 Å². The molecule has 5 heteroatoms. The number of hydrogen-bond acceptors (Lipinski definition) is 4. The van der Waals surface area contributed by atoms with E-state index in [-0.39, 0.29) is 17.1 Å². The van der Waals surface area contributed by atoms with E-state index >= 15 is 0 Å².